The van der Waals surface area contributed by atoms with E-state index in [9.17, 15) is 4.79 Å². The normalized spacial score (nSPS) is 10.3. The Balaban J connectivity index is 2.29. The average Bonchev–Trinajstić information content (AvgIpc) is 2.48. The van der Waals surface area contributed by atoms with Crippen molar-refractivity contribution in [2.45, 2.75) is 20.4 Å². The van der Waals surface area contributed by atoms with Crippen LogP contribution in [0.1, 0.15) is 28.4 Å². The molecule has 0 saturated carbocycles. The van der Waals surface area contributed by atoms with Crippen LogP contribution < -0.4 is 10.6 Å². The first kappa shape index (κ1) is 14.3. The minimum absolute atomic E-state index is 0.0247. The zero-order valence-electron chi connectivity index (χ0n) is 12.0. The maximum absolute atomic E-state index is 12.6. The highest BCUT2D eigenvalue weighted by Crippen LogP contribution is 2.18. The van der Waals surface area contributed by atoms with Crippen molar-refractivity contribution in [1.82, 2.24) is 0 Å². The van der Waals surface area contributed by atoms with Gasteiger partial charge in [-0.15, -0.1) is 0 Å². The Kier molecular flexibility index (Phi) is 4.53. The van der Waals surface area contributed by atoms with E-state index in [1.54, 1.807) is 4.90 Å². The van der Waals surface area contributed by atoms with Crippen molar-refractivity contribution in [1.29, 1.82) is 0 Å². The number of amides is 1. The van der Waals surface area contributed by atoms with Crippen molar-refractivity contribution < 1.29 is 4.79 Å². The van der Waals surface area contributed by atoms with Crippen molar-refractivity contribution in [3.63, 3.8) is 0 Å². The fraction of sp³-hybridized carbons (Fsp3) is 0.235. The highest BCUT2D eigenvalue weighted by molar-refractivity contribution is 6.06. The van der Waals surface area contributed by atoms with Crippen molar-refractivity contribution >= 4 is 11.6 Å². The van der Waals surface area contributed by atoms with Gasteiger partial charge < -0.3 is 10.6 Å². The maximum Gasteiger partial charge on any atom is 0.258 e. The lowest BCUT2D eigenvalue weighted by Crippen LogP contribution is -2.30. The lowest BCUT2D eigenvalue weighted by atomic mass is 10.1. The Morgan fingerprint density at radius 3 is 2.40 bits per heavy atom. The number of aryl methyl sites for hydroxylation is 1. The molecule has 2 rings (SSSR count). The Morgan fingerprint density at radius 1 is 1.15 bits per heavy atom. The fourth-order valence-corrected chi connectivity index (χ4v) is 2.19. The summed E-state index contributed by atoms with van der Waals surface area (Å²) in [6.45, 7) is 5.11. The topological polar surface area (TPSA) is 46.3 Å². The van der Waals surface area contributed by atoms with Gasteiger partial charge in [-0.2, -0.15) is 0 Å². The van der Waals surface area contributed by atoms with Gasteiger partial charge in [0, 0.05) is 24.3 Å². The predicted molar refractivity (Wildman–Crippen MR) is 82.9 cm³/mol. The molecule has 0 aromatic heterocycles. The Morgan fingerprint density at radius 2 is 1.85 bits per heavy atom. The molecule has 0 atom stereocenters. The summed E-state index contributed by atoms with van der Waals surface area (Å²) in [4.78, 5) is 14.4. The standard InChI is InChI=1S/C17H20N2O/c1-3-19(16-9-7-14(12-18)8-10-16)17(20)15-6-4-5-13(2)11-15/h4-11H,3,12,18H2,1-2H3. The highest BCUT2D eigenvalue weighted by Gasteiger charge is 2.15. The van der Waals surface area contributed by atoms with Gasteiger partial charge in [-0.25, -0.2) is 0 Å². The molecule has 104 valence electrons. The monoisotopic (exact) mass is 268 g/mol. The second-order valence-corrected chi connectivity index (χ2v) is 4.79. The van der Waals surface area contributed by atoms with E-state index in [-0.39, 0.29) is 5.91 Å². The molecule has 0 saturated heterocycles. The molecule has 0 fully saturated rings. The van der Waals surface area contributed by atoms with Crippen molar-refractivity contribution in [3.8, 4) is 0 Å². The molecule has 1 amide bonds. The molecule has 20 heavy (non-hydrogen) atoms. The van der Waals surface area contributed by atoms with Gasteiger partial charge in [0.05, 0.1) is 0 Å². The first-order valence-corrected chi connectivity index (χ1v) is 6.83. The number of benzene rings is 2. The lowest BCUT2D eigenvalue weighted by molar-refractivity contribution is 0.0988. The molecule has 2 aromatic carbocycles. The van der Waals surface area contributed by atoms with Gasteiger partial charge in [-0.3, -0.25) is 4.79 Å². The number of carbonyl (C=O) groups is 1. The summed E-state index contributed by atoms with van der Waals surface area (Å²) in [7, 11) is 0. The van der Waals surface area contributed by atoms with Crippen LogP contribution in [0.25, 0.3) is 0 Å². The number of rotatable bonds is 4. The minimum atomic E-state index is 0.0247. The zero-order valence-corrected chi connectivity index (χ0v) is 12.0. The van der Waals surface area contributed by atoms with E-state index in [0.29, 0.717) is 13.1 Å². The van der Waals surface area contributed by atoms with Crippen LogP contribution in [-0.2, 0) is 6.54 Å². The van der Waals surface area contributed by atoms with Crippen molar-refractivity contribution in [2.75, 3.05) is 11.4 Å². The SMILES string of the molecule is CCN(C(=O)c1cccc(C)c1)c1ccc(CN)cc1. The third kappa shape index (κ3) is 3.06. The summed E-state index contributed by atoms with van der Waals surface area (Å²) in [6, 6.07) is 15.5. The van der Waals surface area contributed by atoms with Crippen LogP contribution >= 0.6 is 0 Å². The molecule has 0 unspecified atom stereocenters. The number of anilines is 1. The van der Waals surface area contributed by atoms with Crippen LogP contribution in [0.2, 0.25) is 0 Å². The van der Waals surface area contributed by atoms with Crippen molar-refractivity contribution in [3.05, 3.63) is 65.2 Å². The van der Waals surface area contributed by atoms with Crippen LogP contribution in [0.5, 0.6) is 0 Å². The molecule has 0 bridgehead atoms. The fourth-order valence-electron chi connectivity index (χ4n) is 2.19. The summed E-state index contributed by atoms with van der Waals surface area (Å²) in [5, 5.41) is 0. The Bertz CT molecular complexity index is 590. The minimum Gasteiger partial charge on any atom is -0.326 e. The van der Waals surface area contributed by atoms with Crippen LogP contribution in [0.3, 0.4) is 0 Å². The summed E-state index contributed by atoms with van der Waals surface area (Å²) < 4.78 is 0. The van der Waals surface area contributed by atoms with Crippen LogP contribution in [0, 0.1) is 6.92 Å². The third-order valence-electron chi connectivity index (χ3n) is 3.31. The van der Waals surface area contributed by atoms with Crippen molar-refractivity contribution in [2.24, 2.45) is 5.73 Å². The summed E-state index contributed by atoms with van der Waals surface area (Å²) >= 11 is 0. The smallest absolute Gasteiger partial charge is 0.258 e. The molecule has 0 aliphatic carbocycles. The van der Waals surface area contributed by atoms with E-state index in [4.69, 9.17) is 5.73 Å². The first-order valence-electron chi connectivity index (χ1n) is 6.83. The van der Waals surface area contributed by atoms with Crippen LogP contribution in [0.4, 0.5) is 5.69 Å². The predicted octanol–water partition coefficient (Wildman–Crippen LogP) is 3.12. The second-order valence-electron chi connectivity index (χ2n) is 4.79. The molecule has 3 heteroatoms. The zero-order chi connectivity index (χ0) is 14.5. The Hall–Kier alpha value is -2.13. The number of nitrogens with two attached hydrogens (primary N) is 1. The molecule has 3 nitrogen and oxygen atoms in total. The Labute approximate surface area is 120 Å². The van der Waals surface area contributed by atoms with Gasteiger partial charge in [0.1, 0.15) is 0 Å². The maximum atomic E-state index is 12.6. The van der Waals surface area contributed by atoms with E-state index < -0.39 is 0 Å². The molecule has 2 aromatic rings. The van der Waals surface area contributed by atoms with E-state index in [2.05, 4.69) is 0 Å². The number of hydrogen-bond acceptors (Lipinski definition) is 2. The highest BCUT2D eigenvalue weighted by atomic mass is 16.2. The van der Waals surface area contributed by atoms with Gasteiger partial charge in [0.2, 0.25) is 0 Å². The first-order chi connectivity index (χ1) is 9.65. The summed E-state index contributed by atoms with van der Waals surface area (Å²) in [5.74, 6) is 0.0247. The third-order valence-corrected chi connectivity index (χ3v) is 3.31. The average molecular weight is 268 g/mol. The van der Waals surface area contributed by atoms with Crippen LogP contribution in [-0.4, -0.2) is 12.5 Å². The summed E-state index contributed by atoms with van der Waals surface area (Å²) in [5.41, 5.74) is 9.36. The van der Waals surface area contributed by atoms with E-state index in [1.165, 1.54) is 0 Å². The number of hydrogen-bond donors (Lipinski definition) is 1. The lowest BCUT2D eigenvalue weighted by Gasteiger charge is -2.21. The second kappa shape index (κ2) is 6.35. The molecular formula is C17H20N2O. The van der Waals surface area contributed by atoms with Gasteiger partial charge in [0.25, 0.3) is 5.91 Å². The van der Waals surface area contributed by atoms with Gasteiger partial charge in [0.15, 0.2) is 0 Å². The largest absolute Gasteiger partial charge is 0.326 e. The van der Waals surface area contributed by atoms with Crippen LogP contribution in [0.15, 0.2) is 48.5 Å². The van der Waals surface area contributed by atoms with E-state index in [0.717, 1.165) is 22.4 Å². The summed E-state index contributed by atoms with van der Waals surface area (Å²) in [6.07, 6.45) is 0. The van der Waals surface area contributed by atoms with E-state index in [1.807, 2.05) is 62.4 Å². The molecular weight excluding hydrogens is 248 g/mol. The molecule has 2 N–H and O–H groups in total. The molecule has 0 spiro atoms. The number of carbonyl (C=O) groups excluding carboxylic acids is 1. The molecule has 0 aliphatic heterocycles. The van der Waals surface area contributed by atoms with Gasteiger partial charge in [-0.1, -0.05) is 29.8 Å². The quantitative estimate of drug-likeness (QED) is 0.926. The molecule has 0 radical (unpaired) electrons. The van der Waals surface area contributed by atoms with Gasteiger partial charge >= 0.3 is 0 Å². The number of nitrogens with zero attached hydrogens (tertiary/aromatic N) is 1. The molecule has 0 heterocycles. The molecule has 0 aliphatic rings. The van der Waals surface area contributed by atoms with E-state index >= 15 is 0 Å². The van der Waals surface area contributed by atoms with Gasteiger partial charge in [-0.05, 0) is 43.7 Å².